The van der Waals surface area contributed by atoms with Gasteiger partial charge in [0, 0.05) is 72.1 Å². The maximum atomic E-state index is 4.57. The fourth-order valence-electron chi connectivity index (χ4n) is 10.3. The van der Waals surface area contributed by atoms with Gasteiger partial charge in [0.15, 0.2) is 0 Å². The Hall–Kier alpha value is -8.44. The summed E-state index contributed by atoms with van der Waals surface area (Å²) in [5.41, 5.74) is 18.6. The summed E-state index contributed by atoms with van der Waals surface area (Å²) in [5, 5.41) is 8.50. The second-order valence-corrected chi connectivity index (χ2v) is 18.3. The molecule has 0 saturated heterocycles. The van der Waals surface area contributed by atoms with Crippen molar-refractivity contribution < 1.29 is 0 Å². The van der Waals surface area contributed by atoms with Gasteiger partial charge in [-0.25, -0.2) is 0 Å². The second kappa shape index (κ2) is 15.9. The van der Waals surface area contributed by atoms with Crippen molar-refractivity contribution in [3.63, 3.8) is 0 Å². The number of hydrogen-bond acceptors (Lipinski definition) is 2. The van der Waals surface area contributed by atoms with Crippen molar-refractivity contribution >= 4 is 82.0 Å². The Bertz CT molecular complexity index is 3960. The molecular weight excluding hydrogens is 831 g/mol. The maximum Gasteiger partial charge on any atom is 0.0541 e. The monoisotopic (exact) mass is 873 g/mol. The van der Waals surface area contributed by atoms with Crippen LogP contribution in [0.4, 0.5) is 11.4 Å². The van der Waals surface area contributed by atoms with Gasteiger partial charge in [-0.3, -0.25) is 0 Å². The third kappa shape index (κ3) is 6.56. The van der Waals surface area contributed by atoms with Gasteiger partial charge in [-0.15, -0.1) is 11.3 Å². The number of para-hydroxylation sites is 3. The van der Waals surface area contributed by atoms with Crippen LogP contribution < -0.4 is 4.90 Å². The summed E-state index contributed by atoms with van der Waals surface area (Å²) in [7, 11) is 0. The van der Waals surface area contributed by atoms with Crippen molar-refractivity contribution in [2.75, 3.05) is 11.4 Å². The molecule has 1 aliphatic heterocycles. The van der Waals surface area contributed by atoms with Crippen LogP contribution in [0.3, 0.4) is 0 Å². The maximum absolute atomic E-state index is 4.57. The van der Waals surface area contributed by atoms with E-state index < -0.39 is 0 Å². The normalized spacial score (nSPS) is 13.9. The molecule has 0 amide bonds. The summed E-state index contributed by atoms with van der Waals surface area (Å²) >= 11 is 1.80. The molecule has 0 spiro atoms. The van der Waals surface area contributed by atoms with E-state index in [0.717, 1.165) is 51.6 Å². The first kappa shape index (κ1) is 39.0. The fourth-order valence-corrected chi connectivity index (χ4v) is 11.3. The molecule has 0 radical (unpaired) electrons. The molecule has 0 atom stereocenters. The molecule has 1 aliphatic rings. The van der Waals surface area contributed by atoms with Crippen LogP contribution >= 0.6 is 11.3 Å². The predicted molar refractivity (Wildman–Crippen MR) is 288 cm³/mol. The summed E-state index contributed by atoms with van der Waals surface area (Å²) in [6, 6.07) is 75.7. The van der Waals surface area contributed by atoms with E-state index in [4.69, 9.17) is 0 Å². The number of fused-ring (bicyclic) bond motifs is 8. The Morgan fingerprint density at radius 3 is 1.57 bits per heavy atom. The Balaban J connectivity index is 0.979. The van der Waals surface area contributed by atoms with Crippen molar-refractivity contribution in [3.8, 4) is 44.8 Å². The van der Waals surface area contributed by atoms with Crippen LogP contribution in [0.25, 0.3) is 104 Å². The van der Waals surface area contributed by atoms with Crippen LogP contribution in [0.15, 0.2) is 243 Å². The van der Waals surface area contributed by atoms with E-state index in [-0.39, 0.29) is 0 Å². The van der Waals surface area contributed by atoms with E-state index in [2.05, 4.69) is 257 Å². The van der Waals surface area contributed by atoms with E-state index >= 15 is 0 Å². The molecule has 67 heavy (non-hydrogen) atoms. The Morgan fingerprint density at radius 1 is 0.388 bits per heavy atom. The molecule has 3 nitrogen and oxygen atoms in total. The summed E-state index contributed by atoms with van der Waals surface area (Å²) in [6.45, 7) is 5.32. The van der Waals surface area contributed by atoms with E-state index in [1.807, 2.05) is 0 Å². The van der Waals surface area contributed by atoms with Crippen LogP contribution in [-0.4, -0.2) is 15.7 Å². The number of hydrogen-bond donors (Lipinski definition) is 0. The van der Waals surface area contributed by atoms with Crippen LogP contribution in [0.1, 0.15) is 5.56 Å². The molecular formula is C63H43N3S. The number of benzene rings is 9. The molecule has 0 saturated carbocycles. The molecule has 0 aliphatic carbocycles. The molecule has 13 rings (SSSR count). The number of allylic oxidation sites excluding steroid dienone is 4. The predicted octanol–water partition coefficient (Wildman–Crippen LogP) is 17.4. The molecule has 12 aromatic rings. The lowest BCUT2D eigenvalue weighted by atomic mass is 9.95. The van der Waals surface area contributed by atoms with Crippen LogP contribution in [-0.2, 0) is 0 Å². The Labute approximate surface area is 393 Å². The van der Waals surface area contributed by atoms with Gasteiger partial charge in [-0.1, -0.05) is 140 Å². The average molecular weight is 874 g/mol. The van der Waals surface area contributed by atoms with E-state index in [9.17, 15) is 0 Å². The molecule has 9 aromatic carbocycles. The minimum absolute atomic E-state index is 0.759. The van der Waals surface area contributed by atoms with Gasteiger partial charge >= 0.3 is 0 Å². The molecule has 0 bridgehead atoms. The largest absolute Gasteiger partial charge is 0.337 e. The number of aromatic nitrogens is 2. The first-order valence-corrected chi connectivity index (χ1v) is 23.8. The van der Waals surface area contributed by atoms with Crippen LogP contribution in [0.5, 0.6) is 0 Å². The summed E-state index contributed by atoms with van der Waals surface area (Å²) < 4.78 is 6.13. The molecule has 0 fully saturated rings. The van der Waals surface area contributed by atoms with Gasteiger partial charge in [0.25, 0.3) is 0 Å². The number of rotatable bonds is 6. The minimum atomic E-state index is 0.759. The lowest BCUT2D eigenvalue weighted by Gasteiger charge is -2.27. The lowest BCUT2D eigenvalue weighted by molar-refractivity contribution is 1.09. The Kier molecular flexibility index (Phi) is 9.26. The highest BCUT2D eigenvalue weighted by atomic mass is 32.1. The van der Waals surface area contributed by atoms with Gasteiger partial charge in [0.2, 0.25) is 0 Å². The highest BCUT2D eigenvalue weighted by molar-refractivity contribution is 7.17. The number of nitrogens with zero attached hydrogens (tertiary/aromatic N) is 3. The summed E-state index contributed by atoms with van der Waals surface area (Å²) in [4.78, 5) is 2.37. The van der Waals surface area contributed by atoms with Gasteiger partial charge in [-0.05, 0) is 136 Å². The SMILES string of the molecule is C=C1/C=C\C=C/CN(c2ccccc2)c2ccc(-c3ccc4c(c3)c3cc(-c5ccc6c(c5)c5ccccc5n6-c5ccccc5)ccc3n4-c3ccc(-c4csc5ccccc45)cc3)cc21. The molecule has 4 heteroatoms. The Morgan fingerprint density at radius 2 is 0.896 bits per heavy atom. The quantitative estimate of drug-likeness (QED) is 0.162. The van der Waals surface area contributed by atoms with Gasteiger partial charge < -0.3 is 14.0 Å². The fraction of sp³-hybridized carbons (Fsp3) is 0.0159. The third-order valence-corrected chi connectivity index (χ3v) is 14.5. The highest BCUT2D eigenvalue weighted by Crippen LogP contribution is 2.42. The zero-order valence-electron chi connectivity index (χ0n) is 36.7. The molecule has 0 unspecified atom stereocenters. The molecule has 4 heterocycles. The zero-order valence-corrected chi connectivity index (χ0v) is 37.5. The second-order valence-electron chi connectivity index (χ2n) is 17.4. The minimum Gasteiger partial charge on any atom is -0.337 e. The smallest absolute Gasteiger partial charge is 0.0541 e. The van der Waals surface area contributed by atoms with Crippen LogP contribution in [0.2, 0.25) is 0 Å². The van der Waals surface area contributed by atoms with E-state index in [1.54, 1.807) is 11.3 Å². The number of anilines is 2. The van der Waals surface area contributed by atoms with Crippen molar-refractivity contribution in [2.24, 2.45) is 0 Å². The number of thiophene rings is 1. The highest BCUT2D eigenvalue weighted by Gasteiger charge is 2.20. The lowest BCUT2D eigenvalue weighted by Crippen LogP contribution is -2.18. The van der Waals surface area contributed by atoms with Gasteiger partial charge in [0.1, 0.15) is 0 Å². The third-order valence-electron chi connectivity index (χ3n) is 13.6. The topological polar surface area (TPSA) is 13.1 Å². The first-order valence-electron chi connectivity index (χ1n) is 22.9. The average Bonchev–Trinajstić information content (AvgIpc) is 4.08. The van der Waals surface area contributed by atoms with E-state index in [0.29, 0.717) is 0 Å². The molecule has 3 aromatic heterocycles. The van der Waals surface area contributed by atoms with Crippen LogP contribution in [0, 0.1) is 0 Å². The van der Waals surface area contributed by atoms with Gasteiger partial charge in [0.05, 0.1) is 22.1 Å². The summed E-state index contributed by atoms with van der Waals surface area (Å²) in [6.07, 6.45) is 8.54. The van der Waals surface area contributed by atoms with Crippen molar-refractivity contribution in [1.82, 2.24) is 9.13 Å². The van der Waals surface area contributed by atoms with Gasteiger partial charge in [-0.2, -0.15) is 0 Å². The first-order chi connectivity index (χ1) is 33.1. The van der Waals surface area contributed by atoms with E-state index in [1.165, 1.54) is 76.0 Å². The summed E-state index contributed by atoms with van der Waals surface area (Å²) in [5.74, 6) is 0. The zero-order chi connectivity index (χ0) is 44.4. The van der Waals surface area contributed by atoms with Crippen molar-refractivity contribution in [1.29, 1.82) is 0 Å². The molecule has 316 valence electrons. The standard InChI is InChI=1S/C63H43N3S/c1-42-15-5-4-14-36-64(48-16-6-2-7-17-48)58-32-26-44(37-53(42)58)46-28-34-61-55(39-46)56-40-47(45-27-33-60-54(38-45)51-20-10-12-22-59(51)65(60)49-18-8-3-9-19-49)29-35-62(56)66(61)50-30-24-43(25-31-50)57-41-67-63-23-13-11-21-52(57)63/h2-35,37-41H,1,36H2/b14-4-,15-5-. The van der Waals surface area contributed by atoms with Crippen molar-refractivity contribution in [3.05, 3.63) is 248 Å². The molecule has 0 N–H and O–H groups in total. The van der Waals surface area contributed by atoms with Crippen molar-refractivity contribution in [2.45, 2.75) is 0 Å².